The number of hydrogen-bond donors (Lipinski definition) is 1. The summed E-state index contributed by atoms with van der Waals surface area (Å²) in [6, 6.07) is 12.0. The molecule has 0 bridgehead atoms. The quantitative estimate of drug-likeness (QED) is 0.413. The Bertz CT molecular complexity index is 1440. The molecule has 0 aliphatic carbocycles. The van der Waals surface area contributed by atoms with E-state index in [1.807, 2.05) is 0 Å². The minimum atomic E-state index is -2.79. The van der Waals surface area contributed by atoms with Gasteiger partial charge in [0.05, 0.1) is 24.2 Å². The first kappa shape index (κ1) is 24.2. The van der Waals surface area contributed by atoms with Gasteiger partial charge in [0.2, 0.25) is 5.95 Å². The van der Waals surface area contributed by atoms with Crippen molar-refractivity contribution in [1.82, 2.24) is 29.4 Å². The number of amides is 1. The lowest BCUT2D eigenvalue weighted by molar-refractivity contribution is 0.0791. The molecule has 1 N–H and O–H groups in total. The topological polar surface area (TPSA) is 101 Å². The first-order valence-electron chi connectivity index (χ1n) is 12.5. The number of pyridine rings is 1. The number of likely N-dealkylation sites (tertiary alicyclic amines) is 1. The fourth-order valence-electron chi connectivity index (χ4n) is 4.91. The van der Waals surface area contributed by atoms with Gasteiger partial charge in [0.15, 0.2) is 5.82 Å². The minimum absolute atomic E-state index is 0.0631. The molecule has 10 nitrogen and oxygen atoms in total. The zero-order chi connectivity index (χ0) is 26.1. The van der Waals surface area contributed by atoms with Crippen molar-refractivity contribution in [2.24, 2.45) is 0 Å². The number of hydrogen-bond acceptors (Lipinski definition) is 8. The molecule has 6 rings (SSSR count). The first-order valence-corrected chi connectivity index (χ1v) is 12.5. The van der Waals surface area contributed by atoms with Crippen LogP contribution in [0.1, 0.15) is 29.0 Å². The van der Waals surface area contributed by atoms with Gasteiger partial charge < -0.3 is 19.9 Å². The molecule has 196 valence electrons. The Morgan fingerprint density at radius 3 is 2.55 bits per heavy atom. The van der Waals surface area contributed by atoms with E-state index in [9.17, 15) is 13.6 Å². The number of halogens is 2. The summed E-state index contributed by atoms with van der Waals surface area (Å²) in [4.78, 5) is 34.2. The van der Waals surface area contributed by atoms with Crippen molar-refractivity contribution in [2.75, 3.05) is 49.6 Å². The van der Waals surface area contributed by atoms with Crippen molar-refractivity contribution >= 4 is 28.7 Å². The number of fused-ring (bicyclic) bond motifs is 1. The molecule has 1 amide bonds. The second kappa shape index (κ2) is 10.3. The number of carbonyl (C=O) groups excluding carboxylic acids is 1. The Morgan fingerprint density at radius 1 is 1.00 bits per heavy atom. The van der Waals surface area contributed by atoms with Crippen molar-refractivity contribution in [2.45, 2.75) is 18.9 Å². The molecule has 4 aromatic rings. The van der Waals surface area contributed by atoms with Crippen LogP contribution in [0.3, 0.4) is 0 Å². The Morgan fingerprint density at radius 2 is 1.76 bits per heavy atom. The SMILES string of the molecule is O=C(c1ccncc1)N1CCC(Nc2nc(N3CCOCC3)cc(-n3c(C(F)F)nc4ccccc43)n2)C1. The molecule has 1 unspecified atom stereocenters. The maximum atomic E-state index is 14.1. The largest absolute Gasteiger partial charge is 0.378 e. The average molecular weight is 521 g/mol. The van der Waals surface area contributed by atoms with Crippen LogP contribution in [0.2, 0.25) is 0 Å². The highest BCUT2D eigenvalue weighted by Gasteiger charge is 2.29. The van der Waals surface area contributed by atoms with Crippen molar-refractivity contribution < 1.29 is 18.3 Å². The van der Waals surface area contributed by atoms with Crippen LogP contribution in [0.5, 0.6) is 0 Å². The highest BCUT2D eigenvalue weighted by molar-refractivity contribution is 5.94. The average Bonchev–Trinajstić information content (AvgIpc) is 3.58. The van der Waals surface area contributed by atoms with Crippen LogP contribution in [0.4, 0.5) is 20.5 Å². The molecular formula is C26H26F2N8O2. The summed E-state index contributed by atoms with van der Waals surface area (Å²) in [5, 5.41) is 3.35. The lowest BCUT2D eigenvalue weighted by Crippen LogP contribution is -2.37. The van der Waals surface area contributed by atoms with E-state index in [-0.39, 0.29) is 17.8 Å². The first-order chi connectivity index (χ1) is 18.6. The van der Waals surface area contributed by atoms with Crippen LogP contribution in [0.15, 0.2) is 54.9 Å². The minimum Gasteiger partial charge on any atom is -0.378 e. The van der Waals surface area contributed by atoms with Crippen LogP contribution in [-0.4, -0.2) is 80.7 Å². The van der Waals surface area contributed by atoms with Gasteiger partial charge in [-0.05, 0) is 30.7 Å². The number of morpholine rings is 1. The fourth-order valence-corrected chi connectivity index (χ4v) is 4.91. The molecular weight excluding hydrogens is 494 g/mol. The van der Waals surface area contributed by atoms with E-state index in [1.165, 1.54) is 4.57 Å². The van der Waals surface area contributed by atoms with Gasteiger partial charge in [-0.1, -0.05) is 12.1 Å². The maximum Gasteiger partial charge on any atom is 0.296 e. The molecule has 0 spiro atoms. The molecule has 38 heavy (non-hydrogen) atoms. The molecule has 12 heteroatoms. The molecule has 3 aromatic heterocycles. The van der Waals surface area contributed by atoms with Gasteiger partial charge in [0.25, 0.3) is 12.3 Å². The van der Waals surface area contributed by atoms with E-state index in [0.29, 0.717) is 80.0 Å². The maximum absolute atomic E-state index is 14.1. The van der Waals surface area contributed by atoms with Crippen LogP contribution in [0, 0.1) is 0 Å². The zero-order valence-corrected chi connectivity index (χ0v) is 20.5. The predicted molar refractivity (Wildman–Crippen MR) is 137 cm³/mol. The fraction of sp³-hybridized carbons (Fsp3) is 0.346. The third-order valence-electron chi connectivity index (χ3n) is 6.78. The molecule has 5 heterocycles. The van der Waals surface area contributed by atoms with Crippen molar-refractivity contribution in [3.05, 3.63) is 66.2 Å². The Labute approximate surface area is 217 Å². The zero-order valence-electron chi connectivity index (χ0n) is 20.5. The normalized spacial score (nSPS) is 17.9. The number of anilines is 2. The van der Waals surface area contributed by atoms with E-state index in [2.05, 4.69) is 25.2 Å². The van der Waals surface area contributed by atoms with Crippen LogP contribution in [-0.2, 0) is 4.74 Å². The number of carbonyl (C=O) groups is 1. The monoisotopic (exact) mass is 520 g/mol. The van der Waals surface area contributed by atoms with Crippen molar-refractivity contribution in [3.8, 4) is 5.82 Å². The number of rotatable bonds is 6. The van der Waals surface area contributed by atoms with E-state index < -0.39 is 6.43 Å². The van der Waals surface area contributed by atoms with E-state index in [4.69, 9.17) is 9.72 Å². The smallest absolute Gasteiger partial charge is 0.296 e. The summed E-state index contributed by atoms with van der Waals surface area (Å²) >= 11 is 0. The van der Waals surface area contributed by atoms with Gasteiger partial charge in [0.1, 0.15) is 11.6 Å². The summed E-state index contributed by atoms with van der Waals surface area (Å²) in [7, 11) is 0. The summed E-state index contributed by atoms with van der Waals surface area (Å²) in [6.45, 7) is 3.40. The van der Waals surface area contributed by atoms with Crippen LogP contribution < -0.4 is 10.2 Å². The van der Waals surface area contributed by atoms with Crippen molar-refractivity contribution in [3.63, 3.8) is 0 Å². The summed E-state index contributed by atoms with van der Waals surface area (Å²) in [5.74, 6) is 0.785. The molecule has 1 aromatic carbocycles. The van der Waals surface area contributed by atoms with Gasteiger partial charge >= 0.3 is 0 Å². The van der Waals surface area contributed by atoms with Gasteiger partial charge in [-0.15, -0.1) is 0 Å². The lowest BCUT2D eigenvalue weighted by Gasteiger charge is -2.28. The van der Waals surface area contributed by atoms with E-state index in [0.717, 1.165) is 0 Å². The number of imidazole rings is 1. The Kier molecular flexibility index (Phi) is 6.54. The van der Waals surface area contributed by atoms with Crippen LogP contribution in [0.25, 0.3) is 16.9 Å². The molecule has 2 fully saturated rings. The van der Waals surface area contributed by atoms with E-state index in [1.54, 1.807) is 59.8 Å². The van der Waals surface area contributed by atoms with Gasteiger partial charge in [-0.3, -0.25) is 14.3 Å². The van der Waals surface area contributed by atoms with Crippen LogP contribution >= 0.6 is 0 Å². The number of nitrogens with one attached hydrogen (secondary N) is 1. The lowest BCUT2D eigenvalue weighted by atomic mass is 10.2. The molecule has 0 radical (unpaired) electrons. The van der Waals surface area contributed by atoms with E-state index >= 15 is 0 Å². The number of alkyl halides is 2. The molecule has 2 saturated heterocycles. The van der Waals surface area contributed by atoms with Gasteiger partial charge in [0, 0.05) is 56.2 Å². The third kappa shape index (κ3) is 4.74. The van der Waals surface area contributed by atoms with Gasteiger partial charge in [-0.2, -0.15) is 9.97 Å². The Hall–Kier alpha value is -4.19. The summed E-state index contributed by atoms with van der Waals surface area (Å²) in [6.07, 6.45) is 1.11. The number of ether oxygens (including phenoxy) is 1. The second-order valence-corrected chi connectivity index (χ2v) is 9.22. The number of para-hydroxylation sites is 2. The predicted octanol–water partition coefficient (Wildman–Crippen LogP) is 3.31. The number of aromatic nitrogens is 5. The third-order valence-corrected chi connectivity index (χ3v) is 6.78. The van der Waals surface area contributed by atoms with Gasteiger partial charge in [-0.25, -0.2) is 13.8 Å². The summed E-state index contributed by atoms with van der Waals surface area (Å²) < 4.78 is 35.0. The molecule has 0 saturated carbocycles. The highest BCUT2D eigenvalue weighted by Crippen LogP contribution is 2.29. The molecule has 1 atom stereocenters. The highest BCUT2D eigenvalue weighted by atomic mass is 19.3. The second-order valence-electron chi connectivity index (χ2n) is 9.22. The Balaban J connectivity index is 1.33. The molecule has 2 aliphatic heterocycles. The standard InChI is InChI=1S/C26H26F2N8O2/c27-23(28)24-31-19-3-1-2-4-20(19)36(24)22-15-21(34-11-13-38-14-12-34)32-26(33-22)30-18-7-10-35(16-18)25(37)17-5-8-29-9-6-17/h1-6,8-9,15,18,23H,7,10-14,16H2,(H,30,32,33). The molecule has 2 aliphatic rings. The number of nitrogens with zero attached hydrogens (tertiary/aromatic N) is 7. The van der Waals surface area contributed by atoms with Crippen molar-refractivity contribution in [1.29, 1.82) is 0 Å². The summed E-state index contributed by atoms with van der Waals surface area (Å²) in [5.41, 5.74) is 1.58. The number of benzene rings is 1.